The summed E-state index contributed by atoms with van der Waals surface area (Å²) in [5.41, 5.74) is -0.230. The Morgan fingerprint density at radius 3 is 2.75 bits per heavy atom. The van der Waals surface area contributed by atoms with Gasteiger partial charge in [-0.05, 0) is 31.5 Å². The number of hydrogen-bond donors (Lipinski definition) is 1. The molecule has 0 aliphatic heterocycles. The smallest absolute Gasteiger partial charge is 0.0988 e. The van der Waals surface area contributed by atoms with Gasteiger partial charge in [-0.15, -0.1) is 0 Å². The van der Waals surface area contributed by atoms with Gasteiger partial charge in [-0.1, -0.05) is 34.5 Å². The summed E-state index contributed by atoms with van der Waals surface area (Å²) in [7, 11) is 0. The fraction of sp³-hybridized carbons (Fsp3) is 0.417. The van der Waals surface area contributed by atoms with Crippen LogP contribution >= 0.6 is 27.5 Å². The van der Waals surface area contributed by atoms with Crippen LogP contribution in [0.3, 0.4) is 0 Å². The van der Waals surface area contributed by atoms with Crippen LogP contribution in [0.25, 0.3) is 0 Å². The van der Waals surface area contributed by atoms with Gasteiger partial charge in [0.05, 0.1) is 17.6 Å². The number of nitrogens with zero attached hydrogens (tertiary/aromatic N) is 1. The van der Waals surface area contributed by atoms with Gasteiger partial charge in [-0.25, -0.2) is 0 Å². The molecule has 1 rings (SSSR count). The van der Waals surface area contributed by atoms with Crippen LogP contribution < -0.4 is 0 Å². The lowest BCUT2D eigenvalue weighted by Gasteiger charge is -2.27. The summed E-state index contributed by atoms with van der Waals surface area (Å²) in [4.78, 5) is 0. The van der Waals surface area contributed by atoms with E-state index in [4.69, 9.17) is 16.9 Å². The highest BCUT2D eigenvalue weighted by molar-refractivity contribution is 9.10. The van der Waals surface area contributed by atoms with E-state index in [2.05, 4.69) is 22.0 Å². The van der Waals surface area contributed by atoms with Gasteiger partial charge in [-0.2, -0.15) is 5.26 Å². The molecule has 0 heterocycles. The molecule has 86 valence electrons. The van der Waals surface area contributed by atoms with Crippen molar-refractivity contribution in [2.75, 3.05) is 0 Å². The lowest BCUT2D eigenvalue weighted by molar-refractivity contribution is 0.0722. The van der Waals surface area contributed by atoms with Gasteiger partial charge in [0, 0.05) is 15.1 Å². The second-order valence-corrected chi connectivity index (χ2v) is 5.27. The zero-order valence-electron chi connectivity index (χ0n) is 9.17. The van der Waals surface area contributed by atoms with Crippen LogP contribution in [0, 0.1) is 16.7 Å². The maximum atomic E-state index is 10.2. The number of aliphatic hydroxyl groups is 1. The van der Waals surface area contributed by atoms with Gasteiger partial charge in [0.2, 0.25) is 0 Å². The zero-order valence-corrected chi connectivity index (χ0v) is 11.5. The van der Waals surface area contributed by atoms with Gasteiger partial charge < -0.3 is 5.11 Å². The average molecular weight is 303 g/mol. The molecule has 4 heteroatoms. The molecule has 0 radical (unpaired) electrons. The van der Waals surface area contributed by atoms with E-state index < -0.39 is 11.5 Å². The maximum Gasteiger partial charge on any atom is 0.0988 e. The van der Waals surface area contributed by atoms with E-state index >= 15 is 0 Å². The summed E-state index contributed by atoms with van der Waals surface area (Å²) < 4.78 is 0.836. The largest absolute Gasteiger partial charge is 0.387 e. The van der Waals surface area contributed by atoms with E-state index in [1.54, 1.807) is 25.1 Å². The third-order valence-corrected chi connectivity index (χ3v) is 3.68. The van der Waals surface area contributed by atoms with Crippen molar-refractivity contribution >= 4 is 27.5 Å². The van der Waals surface area contributed by atoms with E-state index in [1.165, 1.54) is 0 Å². The van der Waals surface area contributed by atoms with Crippen LogP contribution in [-0.2, 0) is 0 Å². The minimum absolute atomic E-state index is 0.477. The molecule has 0 spiro atoms. The summed E-state index contributed by atoms with van der Waals surface area (Å²) in [5.74, 6) is 0. The van der Waals surface area contributed by atoms with Crippen molar-refractivity contribution in [3.05, 3.63) is 33.3 Å². The standard InChI is InChI=1S/C12H13BrClNO/c1-3-12(2,7-15)11(16)9-6-8(13)4-5-10(9)14/h4-6,11,16H,3H2,1-2H3. The Morgan fingerprint density at radius 2 is 2.25 bits per heavy atom. The van der Waals surface area contributed by atoms with Crippen LogP contribution in [0.5, 0.6) is 0 Å². The molecule has 2 unspecified atom stereocenters. The number of nitriles is 1. The van der Waals surface area contributed by atoms with Crippen molar-refractivity contribution in [2.45, 2.75) is 26.4 Å². The molecule has 0 amide bonds. The first-order valence-corrected chi connectivity index (χ1v) is 6.16. The lowest BCUT2D eigenvalue weighted by Crippen LogP contribution is -2.23. The predicted octanol–water partition coefficient (Wildman–Crippen LogP) is 4.08. The molecule has 0 saturated heterocycles. The highest BCUT2D eigenvalue weighted by Crippen LogP contribution is 2.39. The number of benzene rings is 1. The van der Waals surface area contributed by atoms with Gasteiger partial charge in [0.1, 0.15) is 0 Å². The van der Waals surface area contributed by atoms with Crippen molar-refractivity contribution in [3.8, 4) is 6.07 Å². The highest BCUT2D eigenvalue weighted by Gasteiger charge is 2.33. The molecule has 1 N–H and O–H groups in total. The van der Waals surface area contributed by atoms with Crippen LogP contribution in [0.4, 0.5) is 0 Å². The Bertz CT molecular complexity index is 430. The summed E-state index contributed by atoms with van der Waals surface area (Å²) >= 11 is 9.34. The van der Waals surface area contributed by atoms with Gasteiger partial charge in [0.15, 0.2) is 0 Å². The van der Waals surface area contributed by atoms with E-state index in [9.17, 15) is 5.11 Å². The Balaban J connectivity index is 3.19. The lowest BCUT2D eigenvalue weighted by atomic mass is 9.80. The first-order chi connectivity index (χ1) is 7.44. The molecule has 16 heavy (non-hydrogen) atoms. The van der Waals surface area contributed by atoms with Crippen LogP contribution in [-0.4, -0.2) is 5.11 Å². The summed E-state index contributed by atoms with van der Waals surface area (Å²) in [6, 6.07) is 7.40. The SMILES string of the molecule is CCC(C)(C#N)C(O)c1cc(Br)ccc1Cl. The highest BCUT2D eigenvalue weighted by atomic mass is 79.9. The second kappa shape index (κ2) is 5.18. The van der Waals surface area contributed by atoms with E-state index in [-0.39, 0.29) is 0 Å². The molecule has 2 atom stereocenters. The summed E-state index contributed by atoms with van der Waals surface area (Å²) in [5, 5.41) is 19.8. The van der Waals surface area contributed by atoms with Gasteiger partial charge >= 0.3 is 0 Å². The van der Waals surface area contributed by atoms with Crippen molar-refractivity contribution in [1.82, 2.24) is 0 Å². The third-order valence-electron chi connectivity index (χ3n) is 2.85. The average Bonchev–Trinajstić information content (AvgIpc) is 2.30. The number of rotatable bonds is 3. The van der Waals surface area contributed by atoms with Crippen LogP contribution in [0.2, 0.25) is 5.02 Å². The monoisotopic (exact) mass is 301 g/mol. The Kier molecular flexibility index (Phi) is 4.37. The van der Waals surface area contributed by atoms with Gasteiger partial charge in [0.25, 0.3) is 0 Å². The molecule has 0 aliphatic rings. The Hall–Kier alpha value is -0.560. The zero-order chi connectivity index (χ0) is 12.3. The van der Waals surface area contributed by atoms with Gasteiger partial charge in [-0.3, -0.25) is 0 Å². The van der Waals surface area contributed by atoms with Crippen molar-refractivity contribution < 1.29 is 5.11 Å². The molecular formula is C12H13BrClNO. The third kappa shape index (κ3) is 2.57. The summed E-state index contributed by atoms with van der Waals surface area (Å²) in [6.45, 7) is 3.60. The molecular weight excluding hydrogens is 289 g/mol. The molecule has 1 aromatic carbocycles. The molecule has 0 aromatic heterocycles. The minimum atomic E-state index is -0.882. The van der Waals surface area contributed by atoms with Crippen LogP contribution in [0.15, 0.2) is 22.7 Å². The predicted molar refractivity (Wildman–Crippen MR) is 68.1 cm³/mol. The van der Waals surface area contributed by atoms with Crippen molar-refractivity contribution in [1.29, 1.82) is 5.26 Å². The second-order valence-electron chi connectivity index (χ2n) is 3.95. The van der Waals surface area contributed by atoms with E-state index in [0.29, 0.717) is 17.0 Å². The minimum Gasteiger partial charge on any atom is -0.387 e. The van der Waals surface area contributed by atoms with E-state index in [0.717, 1.165) is 4.47 Å². The number of hydrogen-bond acceptors (Lipinski definition) is 2. The fourth-order valence-corrected chi connectivity index (χ4v) is 2.00. The Morgan fingerprint density at radius 1 is 1.62 bits per heavy atom. The Labute approximate surface area is 109 Å². The molecule has 0 aliphatic carbocycles. The topological polar surface area (TPSA) is 44.0 Å². The first-order valence-electron chi connectivity index (χ1n) is 4.99. The molecule has 0 saturated carbocycles. The number of aliphatic hydroxyl groups excluding tert-OH is 1. The normalized spacial score (nSPS) is 16.2. The molecule has 0 bridgehead atoms. The van der Waals surface area contributed by atoms with Crippen molar-refractivity contribution in [2.24, 2.45) is 5.41 Å². The van der Waals surface area contributed by atoms with Crippen molar-refractivity contribution in [3.63, 3.8) is 0 Å². The first kappa shape index (κ1) is 13.5. The quantitative estimate of drug-likeness (QED) is 0.914. The maximum absolute atomic E-state index is 10.2. The number of halogens is 2. The summed E-state index contributed by atoms with van der Waals surface area (Å²) in [6.07, 6.45) is -0.319. The fourth-order valence-electron chi connectivity index (χ4n) is 1.40. The van der Waals surface area contributed by atoms with Crippen LogP contribution in [0.1, 0.15) is 31.9 Å². The molecule has 2 nitrogen and oxygen atoms in total. The molecule has 1 aromatic rings. The molecule has 0 fully saturated rings. The van der Waals surface area contributed by atoms with E-state index in [1.807, 2.05) is 6.92 Å².